The maximum Gasteiger partial charge on any atom is 0.242 e. The number of ether oxygens (including phenoxy) is 1. The minimum atomic E-state index is -0.414. The third kappa shape index (κ3) is 3.70. The molecule has 2 N–H and O–H groups in total. The summed E-state index contributed by atoms with van der Waals surface area (Å²) in [7, 11) is 0. The van der Waals surface area contributed by atoms with E-state index in [2.05, 4.69) is 15.5 Å². The number of carbonyl (C=O) groups excluding carboxylic acids is 1. The summed E-state index contributed by atoms with van der Waals surface area (Å²) in [6.07, 6.45) is 2.16. The molecule has 2 aromatic heterocycles. The van der Waals surface area contributed by atoms with Crippen molar-refractivity contribution in [3.8, 4) is 10.7 Å². The summed E-state index contributed by atoms with van der Waals surface area (Å²) >= 11 is 6.87. The van der Waals surface area contributed by atoms with Crippen LogP contribution in [0.2, 0.25) is 0 Å². The van der Waals surface area contributed by atoms with Crippen LogP contribution in [0.25, 0.3) is 10.7 Å². The van der Waals surface area contributed by atoms with Gasteiger partial charge in [0, 0.05) is 13.2 Å². The molecule has 0 spiro atoms. The SMILES string of the molecule is CC(C(=O)NCC1CCCOC1)n1c(-c2cccs2)n[nH]c1=S. The van der Waals surface area contributed by atoms with Crippen LogP contribution in [0.15, 0.2) is 17.5 Å². The summed E-state index contributed by atoms with van der Waals surface area (Å²) in [6.45, 7) is 4.03. The zero-order chi connectivity index (χ0) is 16.2. The van der Waals surface area contributed by atoms with Crippen molar-refractivity contribution in [3.05, 3.63) is 22.3 Å². The second kappa shape index (κ2) is 7.37. The van der Waals surface area contributed by atoms with Crippen LogP contribution in [0, 0.1) is 10.7 Å². The number of nitrogens with zero attached hydrogens (tertiary/aromatic N) is 2. The van der Waals surface area contributed by atoms with Crippen LogP contribution in [-0.2, 0) is 9.53 Å². The molecule has 0 radical (unpaired) electrons. The highest BCUT2D eigenvalue weighted by atomic mass is 32.1. The predicted molar refractivity (Wildman–Crippen MR) is 92.0 cm³/mol. The average molecular weight is 352 g/mol. The van der Waals surface area contributed by atoms with Gasteiger partial charge in [0.25, 0.3) is 0 Å². The van der Waals surface area contributed by atoms with E-state index in [4.69, 9.17) is 17.0 Å². The molecule has 3 heterocycles. The van der Waals surface area contributed by atoms with Crippen molar-refractivity contribution in [2.75, 3.05) is 19.8 Å². The molecule has 23 heavy (non-hydrogen) atoms. The maximum atomic E-state index is 12.5. The van der Waals surface area contributed by atoms with E-state index in [0.717, 1.165) is 30.9 Å². The Hall–Kier alpha value is -1.51. The molecule has 1 aliphatic rings. The maximum absolute atomic E-state index is 12.5. The number of carbonyl (C=O) groups is 1. The summed E-state index contributed by atoms with van der Waals surface area (Å²) in [5.41, 5.74) is 0. The lowest BCUT2D eigenvalue weighted by Gasteiger charge is -2.23. The van der Waals surface area contributed by atoms with E-state index in [1.165, 1.54) is 0 Å². The second-order valence-electron chi connectivity index (χ2n) is 5.70. The molecule has 8 heteroatoms. The zero-order valence-electron chi connectivity index (χ0n) is 12.9. The lowest BCUT2D eigenvalue weighted by atomic mass is 10.0. The number of thiophene rings is 1. The molecule has 6 nitrogen and oxygen atoms in total. The molecule has 124 valence electrons. The van der Waals surface area contributed by atoms with Crippen LogP contribution in [0.5, 0.6) is 0 Å². The smallest absolute Gasteiger partial charge is 0.242 e. The van der Waals surface area contributed by atoms with E-state index in [1.807, 2.05) is 24.4 Å². The van der Waals surface area contributed by atoms with Crippen molar-refractivity contribution < 1.29 is 9.53 Å². The van der Waals surface area contributed by atoms with Crippen molar-refractivity contribution in [1.82, 2.24) is 20.1 Å². The first-order chi connectivity index (χ1) is 11.2. The molecule has 1 fully saturated rings. The molecule has 0 aromatic carbocycles. The summed E-state index contributed by atoms with van der Waals surface area (Å²) in [5, 5.41) is 12.1. The number of nitrogens with one attached hydrogen (secondary N) is 2. The Labute approximate surface area is 143 Å². The standard InChI is InChI=1S/C15H20N4O2S2/c1-10(14(20)16-8-11-4-2-6-21-9-11)19-13(17-18-15(19)22)12-5-3-7-23-12/h3,5,7,10-11H,2,4,6,8-9H2,1H3,(H,16,20)(H,18,22). The topological polar surface area (TPSA) is 71.9 Å². The summed E-state index contributed by atoms with van der Waals surface area (Å²) in [5.74, 6) is 1.05. The quantitative estimate of drug-likeness (QED) is 0.812. The number of rotatable bonds is 5. The first-order valence-electron chi connectivity index (χ1n) is 7.73. The van der Waals surface area contributed by atoms with Crippen LogP contribution < -0.4 is 5.32 Å². The monoisotopic (exact) mass is 352 g/mol. The Balaban J connectivity index is 1.70. The first-order valence-corrected chi connectivity index (χ1v) is 9.02. The van der Waals surface area contributed by atoms with Gasteiger partial charge in [0.1, 0.15) is 6.04 Å². The van der Waals surface area contributed by atoms with Gasteiger partial charge in [-0.15, -0.1) is 11.3 Å². The fourth-order valence-corrected chi connectivity index (χ4v) is 3.72. The Bertz CT molecular complexity index is 701. The predicted octanol–water partition coefficient (Wildman–Crippen LogP) is 2.77. The summed E-state index contributed by atoms with van der Waals surface area (Å²) < 4.78 is 7.67. The van der Waals surface area contributed by atoms with E-state index < -0.39 is 6.04 Å². The Morgan fingerprint density at radius 3 is 3.26 bits per heavy atom. The highest BCUT2D eigenvalue weighted by molar-refractivity contribution is 7.71. The highest BCUT2D eigenvalue weighted by Crippen LogP contribution is 2.25. The van der Waals surface area contributed by atoms with E-state index in [1.54, 1.807) is 15.9 Å². The Kier molecular flexibility index (Phi) is 5.24. The van der Waals surface area contributed by atoms with Crippen LogP contribution >= 0.6 is 23.6 Å². The van der Waals surface area contributed by atoms with Gasteiger partial charge in [-0.1, -0.05) is 6.07 Å². The number of aromatic nitrogens is 3. The van der Waals surface area contributed by atoms with Crippen molar-refractivity contribution >= 4 is 29.5 Å². The largest absolute Gasteiger partial charge is 0.381 e. The molecule has 1 aliphatic heterocycles. The minimum absolute atomic E-state index is 0.0501. The van der Waals surface area contributed by atoms with Crippen LogP contribution in [-0.4, -0.2) is 40.4 Å². The zero-order valence-corrected chi connectivity index (χ0v) is 14.6. The van der Waals surface area contributed by atoms with Gasteiger partial charge in [-0.05, 0) is 49.3 Å². The van der Waals surface area contributed by atoms with Gasteiger partial charge >= 0.3 is 0 Å². The molecule has 2 unspecified atom stereocenters. The molecule has 1 saturated heterocycles. The molecule has 0 saturated carbocycles. The van der Waals surface area contributed by atoms with E-state index in [0.29, 0.717) is 23.1 Å². The van der Waals surface area contributed by atoms with Crippen molar-refractivity contribution in [1.29, 1.82) is 0 Å². The van der Waals surface area contributed by atoms with E-state index in [-0.39, 0.29) is 5.91 Å². The van der Waals surface area contributed by atoms with Crippen LogP contribution in [0.1, 0.15) is 25.8 Å². The van der Waals surface area contributed by atoms with Crippen LogP contribution in [0.4, 0.5) is 0 Å². The molecule has 1 amide bonds. The minimum Gasteiger partial charge on any atom is -0.381 e. The molecule has 0 aliphatic carbocycles. The third-order valence-corrected chi connectivity index (χ3v) is 5.19. The number of aromatic amines is 1. The Morgan fingerprint density at radius 2 is 2.57 bits per heavy atom. The summed E-state index contributed by atoms with van der Waals surface area (Å²) in [4.78, 5) is 13.5. The number of hydrogen-bond donors (Lipinski definition) is 2. The molecule has 0 bridgehead atoms. The first kappa shape index (κ1) is 16.4. The van der Waals surface area contributed by atoms with Crippen molar-refractivity contribution in [2.45, 2.75) is 25.8 Å². The van der Waals surface area contributed by atoms with Gasteiger partial charge < -0.3 is 10.1 Å². The van der Waals surface area contributed by atoms with Crippen LogP contribution in [0.3, 0.4) is 0 Å². The molecule has 2 atom stereocenters. The van der Waals surface area contributed by atoms with Gasteiger partial charge in [0.05, 0.1) is 11.5 Å². The van der Waals surface area contributed by atoms with Gasteiger partial charge in [0.15, 0.2) is 10.6 Å². The fraction of sp³-hybridized carbons (Fsp3) is 0.533. The molecule has 3 rings (SSSR count). The van der Waals surface area contributed by atoms with Gasteiger partial charge in [-0.3, -0.25) is 14.5 Å². The van der Waals surface area contributed by atoms with Gasteiger partial charge in [0.2, 0.25) is 5.91 Å². The molecule has 2 aromatic rings. The number of H-pyrrole nitrogens is 1. The lowest BCUT2D eigenvalue weighted by molar-refractivity contribution is -0.124. The third-order valence-electron chi connectivity index (χ3n) is 4.03. The number of hydrogen-bond acceptors (Lipinski definition) is 5. The van der Waals surface area contributed by atoms with Crippen molar-refractivity contribution in [3.63, 3.8) is 0 Å². The second-order valence-corrected chi connectivity index (χ2v) is 7.04. The Morgan fingerprint density at radius 1 is 1.70 bits per heavy atom. The fourth-order valence-electron chi connectivity index (χ4n) is 2.72. The van der Waals surface area contributed by atoms with E-state index in [9.17, 15) is 4.79 Å². The molecular formula is C15H20N4O2S2. The average Bonchev–Trinajstić information content (AvgIpc) is 3.22. The van der Waals surface area contributed by atoms with Crippen molar-refractivity contribution in [2.24, 2.45) is 5.92 Å². The van der Waals surface area contributed by atoms with Gasteiger partial charge in [-0.2, -0.15) is 5.10 Å². The lowest BCUT2D eigenvalue weighted by Crippen LogP contribution is -2.37. The molecular weight excluding hydrogens is 332 g/mol. The highest BCUT2D eigenvalue weighted by Gasteiger charge is 2.22. The summed E-state index contributed by atoms with van der Waals surface area (Å²) in [6, 6.07) is 3.51. The van der Waals surface area contributed by atoms with E-state index >= 15 is 0 Å². The normalized spacial score (nSPS) is 19.4. The van der Waals surface area contributed by atoms with Gasteiger partial charge in [-0.25, -0.2) is 0 Å². The number of amides is 1.